The molecule has 0 spiro atoms. The molecule has 2 aliphatic carbocycles. The average Bonchev–Trinajstić information content (AvgIpc) is 3.06. The fourth-order valence-corrected chi connectivity index (χ4v) is 3.50. The number of allylic oxidation sites excluding steroid dienone is 2. The van der Waals surface area contributed by atoms with E-state index >= 15 is 0 Å². The van der Waals surface area contributed by atoms with Crippen molar-refractivity contribution in [2.75, 3.05) is 26.4 Å². The second-order valence-corrected chi connectivity index (χ2v) is 5.65. The number of fused-ring (bicyclic) bond motifs is 2. The van der Waals surface area contributed by atoms with E-state index in [1.807, 2.05) is 12.2 Å². The molecular formula is C14H19NO5. The molecule has 0 aromatic carbocycles. The normalized spacial score (nSPS) is 38.9. The van der Waals surface area contributed by atoms with Gasteiger partial charge in [0.1, 0.15) is 0 Å². The molecule has 110 valence electrons. The Morgan fingerprint density at radius 3 is 2.60 bits per heavy atom. The van der Waals surface area contributed by atoms with Crippen LogP contribution in [0.15, 0.2) is 12.2 Å². The van der Waals surface area contributed by atoms with Gasteiger partial charge < -0.3 is 19.9 Å². The van der Waals surface area contributed by atoms with E-state index in [0.717, 1.165) is 6.42 Å². The molecule has 5 atom stereocenters. The molecule has 1 saturated carbocycles. The third kappa shape index (κ3) is 2.45. The van der Waals surface area contributed by atoms with Gasteiger partial charge in [-0.1, -0.05) is 12.2 Å². The molecule has 3 unspecified atom stereocenters. The molecule has 2 fully saturated rings. The molecule has 6 heteroatoms. The Balaban J connectivity index is 1.58. The van der Waals surface area contributed by atoms with Gasteiger partial charge in [-0.3, -0.25) is 9.59 Å². The van der Waals surface area contributed by atoms with Crippen LogP contribution >= 0.6 is 0 Å². The summed E-state index contributed by atoms with van der Waals surface area (Å²) in [5.74, 6) is -2.03. The lowest BCUT2D eigenvalue weighted by Crippen LogP contribution is -2.45. The van der Waals surface area contributed by atoms with E-state index < -0.39 is 17.8 Å². The summed E-state index contributed by atoms with van der Waals surface area (Å²) < 4.78 is 10.7. The van der Waals surface area contributed by atoms with E-state index in [2.05, 4.69) is 5.32 Å². The SMILES string of the molecule is O=C(O)[C@@H]1C2C=CC(C2)[C@@H]1C(=O)NCC1COCCO1. The quantitative estimate of drug-likeness (QED) is 0.711. The second-order valence-electron chi connectivity index (χ2n) is 5.65. The minimum Gasteiger partial charge on any atom is -0.481 e. The standard InChI is InChI=1S/C14H19NO5/c16-13(15-6-10-7-19-3-4-20-10)11-8-1-2-9(5-8)12(11)14(17)18/h1-2,8-12H,3-7H2,(H,15,16)(H,17,18)/t8?,9?,10?,11-,12+/m0/s1. The summed E-state index contributed by atoms with van der Waals surface area (Å²) in [5, 5.41) is 12.1. The van der Waals surface area contributed by atoms with Gasteiger partial charge in [-0.2, -0.15) is 0 Å². The number of carbonyl (C=O) groups is 2. The zero-order chi connectivity index (χ0) is 14.1. The van der Waals surface area contributed by atoms with Crippen molar-refractivity contribution in [1.29, 1.82) is 0 Å². The molecule has 3 rings (SSSR count). The van der Waals surface area contributed by atoms with Crippen LogP contribution in [0.5, 0.6) is 0 Å². The fourth-order valence-electron chi connectivity index (χ4n) is 3.50. The molecule has 2 N–H and O–H groups in total. The van der Waals surface area contributed by atoms with Gasteiger partial charge in [0.2, 0.25) is 5.91 Å². The van der Waals surface area contributed by atoms with E-state index in [4.69, 9.17) is 9.47 Å². The summed E-state index contributed by atoms with van der Waals surface area (Å²) in [7, 11) is 0. The van der Waals surface area contributed by atoms with Gasteiger partial charge >= 0.3 is 5.97 Å². The maximum absolute atomic E-state index is 12.3. The highest BCUT2D eigenvalue weighted by Crippen LogP contribution is 2.48. The first-order valence-corrected chi connectivity index (χ1v) is 7.05. The summed E-state index contributed by atoms with van der Waals surface area (Å²) in [6, 6.07) is 0. The summed E-state index contributed by atoms with van der Waals surface area (Å²) in [5.41, 5.74) is 0. The van der Waals surface area contributed by atoms with Gasteiger partial charge in [0.15, 0.2) is 0 Å². The van der Waals surface area contributed by atoms with E-state index in [0.29, 0.717) is 26.4 Å². The van der Waals surface area contributed by atoms with Crippen LogP contribution in [-0.4, -0.2) is 49.5 Å². The first-order chi connectivity index (χ1) is 9.66. The molecule has 0 aromatic rings. The van der Waals surface area contributed by atoms with E-state index in [1.165, 1.54) is 0 Å². The lowest BCUT2D eigenvalue weighted by Gasteiger charge is -2.26. The Morgan fingerprint density at radius 2 is 1.95 bits per heavy atom. The number of carbonyl (C=O) groups excluding carboxylic acids is 1. The van der Waals surface area contributed by atoms with E-state index in [1.54, 1.807) is 0 Å². The molecule has 0 radical (unpaired) electrons. The van der Waals surface area contributed by atoms with Gasteiger partial charge in [-0.15, -0.1) is 0 Å². The smallest absolute Gasteiger partial charge is 0.307 e. The van der Waals surface area contributed by atoms with Crippen molar-refractivity contribution < 1.29 is 24.2 Å². The predicted octanol–water partition coefficient (Wildman–Crippen LogP) is 0.0409. The highest BCUT2D eigenvalue weighted by molar-refractivity contribution is 5.86. The van der Waals surface area contributed by atoms with Gasteiger partial charge in [0.05, 0.1) is 37.8 Å². The van der Waals surface area contributed by atoms with Crippen LogP contribution in [-0.2, 0) is 19.1 Å². The molecule has 1 saturated heterocycles. The Bertz CT molecular complexity index is 429. The zero-order valence-corrected chi connectivity index (χ0v) is 11.2. The number of ether oxygens (including phenoxy) is 2. The molecule has 6 nitrogen and oxygen atoms in total. The summed E-state index contributed by atoms with van der Waals surface area (Å²) in [6.45, 7) is 1.97. The minimum atomic E-state index is -0.876. The number of amides is 1. The maximum Gasteiger partial charge on any atom is 0.307 e. The van der Waals surface area contributed by atoms with Crippen molar-refractivity contribution in [3.8, 4) is 0 Å². The summed E-state index contributed by atoms with van der Waals surface area (Å²) >= 11 is 0. The number of hydrogen-bond donors (Lipinski definition) is 2. The van der Waals surface area contributed by atoms with Crippen LogP contribution < -0.4 is 5.32 Å². The lowest BCUT2D eigenvalue weighted by molar-refractivity contribution is -0.148. The Hall–Kier alpha value is -1.40. The highest BCUT2D eigenvalue weighted by atomic mass is 16.6. The van der Waals surface area contributed by atoms with Gasteiger partial charge in [-0.25, -0.2) is 0 Å². The van der Waals surface area contributed by atoms with Crippen LogP contribution in [0, 0.1) is 23.7 Å². The van der Waals surface area contributed by atoms with Crippen LogP contribution in [0.2, 0.25) is 0 Å². The molecule has 20 heavy (non-hydrogen) atoms. The lowest BCUT2D eigenvalue weighted by atomic mass is 9.82. The summed E-state index contributed by atoms with van der Waals surface area (Å²) in [6.07, 6.45) is 4.56. The third-order valence-electron chi connectivity index (χ3n) is 4.44. The molecule has 1 heterocycles. The first kappa shape index (κ1) is 13.6. The first-order valence-electron chi connectivity index (χ1n) is 7.05. The predicted molar refractivity (Wildman–Crippen MR) is 68.9 cm³/mol. The number of carboxylic acid groups (broad SMARTS) is 1. The molecule has 0 aromatic heterocycles. The van der Waals surface area contributed by atoms with Crippen molar-refractivity contribution in [3.05, 3.63) is 12.2 Å². The van der Waals surface area contributed by atoms with E-state index in [9.17, 15) is 14.7 Å². The topological polar surface area (TPSA) is 84.9 Å². The number of hydrogen-bond acceptors (Lipinski definition) is 4. The van der Waals surface area contributed by atoms with Crippen molar-refractivity contribution >= 4 is 11.9 Å². The van der Waals surface area contributed by atoms with Crippen LogP contribution in [0.1, 0.15) is 6.42 Å². The molecule has 1 amide bonds. The van der Waals surface area contributed by atoms with Crippen LogP contribution in [0.3, 0.4) is 0 Å². The average molecular weight is 281 g/mol. The van der Waals surface area contributed by atoms with Gasteiger partial charge in [0, 0.05) is 6.54 Å². The minimum absolute atomic E-state index is 0.00233. The number of nitrogens with one attached hydrogen (secondary N) is 1. The van der Waals surface area contributed by atoms with Gasteiger partial charge in [-0.05, 0) is 18.3 Å². The van der Waals surface area contributed by atoms with Crippen LogP contribution in [0.4, 0.5) is 0 Å². The molecule has 3 aliphatic rings. The van der Waals surface area contributed by atoms with Crippen LogP contribution in [0.25, 0.3) is 0 Å². The fraction of sp³-hybridized carbons (Fsp3) is 0.714. The Morgan fingerprint density at radius 1 is 1.20 bits per heavy atom. The van der Waals surface area contributed by atoms with Crippen molar-refractivity contribution in [2.45, 2.75) is 12.5 Å². The maximum atomic E-state index is 12.3. The third-order valence-corrected chi connectivity index (χ3v) is 4.44. The number of carboxylic acids is 1. The largest absolute Gasteiger partial charge is 0.481 e. The van der Waals surface area contributed by atoms with Crippen molar-refractivity contribution in [3.63, 3.8) is 0 Å². The monoisotopic (exact) mass is 281 g/mol. The second kappa shape index (κ2) is 5.54. The Kier molecular flexibility index (Phi) is 3.76. The zero-order valence-electron chi connectivity index (χ0n) is 11.2. The molecule has 1 aliphatic heterocycles. The molecular weight excluding hydrogens is 262 g/mol. The van der Waals surface area contributed by atoms with Crippen molar-refractivity contribution in [1.82, 2.24) is 5.32 Å². The number of aliphatic carboxylic acids is 1. The number of rotatable bonds is 4. The van der Waals surface area contributed by atoms with Gasteiger partial charge in [0.25, 0.3) is 0 Å². The molecule has 2 bridgehead atoms. The Labute approximate surface area is 117 Å². The highest BCUT2D eigenvalue weighted by Gasteiger charge is 2.51. The van der Waals surface area contributed by atoms with E-state index in [-0.39, 0.29) is 23.8 Å². The summed E-state index contributed by atoms with van der Waals surface area (Å²) in [4.78, 5) is 23.6. The van der Waals surface area contributed by atoms with Crippen molar-refractivity contribution in [2.24, 2.45) is 23.7 Å².